The van der Waals surface area contributed by atoms with Crippen LogP contribution in [0.2, 0.25) is 0 Å². The normalized spacial score (nSPS) is 24.4. The van der Waals surface area contributed by atoms with Crippen molar-refractivity contribution in [2.75, 3.05) is 26.7 Å². The summed E-state index contributed by atoms with van der Waals surface area (Å²) in [4.78, 5) is 6.73. The third kappa shape index (κ3) is 3.59. The number of ether oxygens (including phenoxy) is 1. The van der Waals surface area contributed by atoms with Crippen LogP contribution in [-0.4, -0.2) is 53.3 Å². The monoisotopic (exact) mass is 280 g/mol. The van der Waals surface area contributed by atoms with Gasteiger partial charge in [-0.25, -0.2) is 4.98 Å². The van der Waals surface area contributed by atoms with E-state index in [0.29, 0.717) is 6.04 Å². The second kappa shape index (κ2) is 7.20. The van der Waals surface area contributed by atoms with E-state index >= 15 is 0 Å². The van der Waals surface area contributed by atoms with Gasteiger partial charge in [-0.05, 0) is 13.5 Å². The maximum absolute atomic E-state index is 6.02. The summed E-state index contributed by atoms with van der Waals surface area (Å²) in [5, 5.41) is 3.50. The zero-order valence-corrected chi connectivity index (χ0v) is 13.2. The van der Waals surface area contributed by atoms with E-state index in [2.05, 4.69) is 47.6 Å². The molecule has 2 rings (SSSR count). The zero-order valence-electron chi connectivity index (χ0n) is 13.2. The summed E-state index contributed by atoms with van der Waals surface area (Å²) >= 11 is 0. The molecule has 1 aromatic heterocycles. The Bertz CT molecular complexity index is 404. The van der Waals surface area contributed by atoms with Gasteiger partial charge >= 0.3 is 0 Å². The van der Waals surface area contributed by atoms with E-state index in [1.165, 1.54) is 5.69 Å². The van der Waals surface area contributed by atoms with Crippen LogP contribution in [0.1, 0.15) is 38.9 Å². The molecule has 1 N–H and O–H groups in total. The van der Waals surface area contributed by atoms with Crippen LogP contribution < -0.4 is 5.32 Å². The molecular formula is C15H28N4O. The van der Waals surface area contributed by atoms with Crippen molar-refractivity contribution >= 4 is 0 Å². The summed E-state index contributed by atoms with van der Waals surface area (Å²) in [6, 6.07) is 0.760. The summed E-state index contributed by atoms with van der Waals surface area (Å²) in [5.74, 6) is 0. The van der Waals surface area contributed by atoms with E-state index in [-0.39, 0.29) is 12.1 Å². The van der Waals surface area contributed by atoms with Gasteiger partial charge in [0.25, 0.3) is 0 Å². The minimum absolute atomic E-state index is 0.184. The fourth-order valence-electron chi connectivity index (χ4n) is 2.81. The molecule has 0 aromatic carbocycles. The number of nitrogens with one attached hydrogen (secondary N) is 1. The number of imidazole rings is 1. The second-order valence-electron chi connectivity index (χ2n) is 5.91. The van der Waals surface area contributed by atoms with Crippen molar-refractivity contribution in [1.29, 1.82) is 0 Å². The van der Waals surface area contributed by atoms with Gasteiger partial charge in [-0.2, -0.15) is 0 Å². The summed E-state index contributed by atoms with van der Waals surface area (Å²) in [6.45, 7) is 10.2. The van der Waals surface area contributed by atoms with E-state index in [1.807, 2.05) is 12.5 Å². The Hall–Kier alpha value is -0.910. The predicted octanol–water partition coefficient (Wildman–Crippen LogP) is 1.66. The van der Waals surface area contributed by atoms with Crippen molar-refractivity contribution in [3.63, 3.8) is 0 Å². The lowest BCUT2D eigenvalue weighted by Crippen LogP contribution is -2.49. The highest BCUT2D eigenvalue weighted by Crippen LogP contribution is 2.28. The average molecular weight is 280 g/mol. The molecule has 1 aliphatic heterocycles. The van der Waals surface area contributed by atoms with Crippen molar-refractivity contribution < 1.29 is 4.74 Å². The Kier molecular flexibility index (Phi) is 5.57. The fourth-order valence-corrected chi connectivity index (χ4v) is 2.81. The van der Waals surface area contributed by atoms with Crippen LogP contribution in [0.5, 0.6) is 0 Å². The Morgan fingerprint density at radius 1 is 1.50 bits per heavy atom. The van der Waals surface area contributed by atoms with E-state index in [1.54, 1.807) is 0 Å². The molecule has 20 heavy (non-hydrogen) atoms. The van der Waals surface area contributed by atoms with Gasteiger partial charge in [0.1, 0.15) is 0 Å². The number of hydrogen-bond acceptors (Lipinski definition) is 4. The van der Waals surface area contributed by atoms with E-state index in [0.717, 1.165) is 32.7 Å². The maximum Gasteiger partial charge on any atom is 0.0948 e. The molecule has 0 radical (unpaired) electrons. The first-order valence-corrected chi connectivity index (χ1v) is 7.68. The summed E-state index contributed by atoms with van der Waals surface area (Å²) in [5.41, 5.74) is 1.27. The van der Waals surface area contributed by atoms with E-state index in [9.17, 15) is 0 Å². The van der Waals surface area contributed by atoms with Gasteiger partial charge in [-0.1, -0.05) is 20.8 Å². The molecule has 0 amide bonds. The van der Waals surface area contributed by atoms with Gasteiger partial charge < -0.3 is 14.6 Å². The topological polar surface area (TPSA) is 42.3 Å². The van der Waals surface area contributed by atoms with Crippen molar-refractivity contribution in [2.24, 2.45) is 0 Å². The number of nitrogens with zero attached hydrogens (tertiary/aromatic N) is 3. The number of aromatic nitrogens is 2. The fraction of sp³-hybridized carbons (Fsp3) is 0.800. The first kappa shape index (κ1) is 15.5. The van der Waals surface area contributed by atoms with Crippen molar-refractivity contribution in [1.82, 2.24) is 19.8 Å². The lowest BCUT2D eigenvalue weighted by Gasteiger charge is -2.39. The van der Waals surface area contributed by atoms with Gasteiger partial charge in [0, 0.05) is 31.9 Å². The lowest BCUT2D eigenvalue weighted by molar-refractivity contribution is -0.0643. The van der Waals surface area contributed by atoms with Gasteiger partial charge in [0.05, 0.1) is 30.8 Å². The third-order valence-electron chi connectivity index (χ3n) is 3.84. The number of likely N-dealkylation sites (N-methyl/N-ethyl adjacent to an activating group) is 1. The Balaban J connectivity index is 2.16. The molecule has 114 valence electrons. The molecular weight excluding hydrogens is 252 g/mol. The Morgan fingerprint density at radius 3 is 3.00 bits per heavy atom. The highest BCUT2D eigenvalue weighted by Gasteiger charge is 2.33. The molecule has 2 atom stereocenters. The molecule has 2 unspecified atom stereocenters. The number of rotatable bonds is 6. The SMILES string of the molecule is CCCn1cncc1C1C(CNC(C)C)OCCN1C. The first-order valence-electron chi connectivity index (χ1n) is 7.68. The smallest absolute Gasteiger partial charge is 0.0948 e. The Labute approximate surface area is 122 Å². The lowest BCUT2D eigenvalue weighted by atomic mass is 10.0. The maximum atomic E-state index is 6.02. The van der Waals surface area contributed by atoms with Crippen molar-refractivity contribution in [2.45, 2.75) is 51.9 Å². The quantitative estimate of drug-likeness (QED) is 0.860. The Morgan fingerprint density at radius 2 is 2.30 bits per heavy atom. The molecule has 5 heteroatoms. The summed E-state index contributed by atoms with van der Waals surface area (Å²) in [6.07, 6.45) is 5.24. The summed E-state index contributed by atoms with van der Waals surface area (Å²) < 4.78 is 8.29. The molecule has 5 nitrogen and oxygen atoms in total. The molecule has 0 saturated carbocycles. The minimum atomic E-state index is 0.184. The number of hydrogen-bond donors (Lipinski definition) is 1. The molecule has 0 aliphatic carbocycles. The molecule has 1 fully saturated rings. The average Bonchev–Trinajstić information content (AvgIpc) is 2.85. The molecule has 1 aliphatic rings. The first-order chi connectivity index (χ1) is 9.63. The minimum Gasteiger partial charge on any atom is -0.374 e. The molecule has 2 heterocycles. The standard InChI is InChI=1S/C15H28N4O/c1-5-6-19-11-16-9-13(19)15-14(10-17-12(2)3)20-8-7-18(15)4/h9,11-12,14-15,17H,5-8,10H2,1-4H3. The highest BCUT2D eigenvalue weighted by molar-refractivity contribution is 5.10. The molecule has 1 aromatic rings. The van der Waals surface area contributed by atoms with Crippen LogP contribution in [-0.2, 0) is 11.3 Å². The zero-order chi connectivity index (χ0) is 14.5. The van der Waals surface area contributed by atoms with E-state index < -0.39 is 0 Å². The van der Waals surface area contributed by atoms with Crippen molar-refractivity contribution in [3.8, 4) is 0 Å². The predicted molar refractivity (Wildman–Crippen MR) is 80.8 cm³/mol. The number of morpholine rings is 1. The van der Waals surface area contributed by atoms with Gasteiger partial charge in [0.15, 0.2) is 0 Å². The van der Waals surface area contributed by atoms with Crippen LogP contribution in [0.25, 0.3) is 0 Å². The molecule has 0 spiro atoms. The van der Waals surface area contributed by atoms with Crippen LogP contribution in [0.3, 0.4) is 0 Å². The van der Waals surface area contributed by atoms with Crippen LogP contribution >= 0.6 is 0 Å². The number of aryl methyl sites for hydroxylation is 1. The van der Waals surface area contributed by atoms with Crippen LogP contribution in [0.15, 0.2) is 12.5 Å². The van der Waals surface area contributed by atoms with Gasteiger partial charge in [-0.3, -0.25) is 4.90 Å². The third-order valence-corrected chi connectivity index (χ3v) is 3.84. The highest BCUT2D eigenvalue weighted by atomic mass is 16.5. The largest absolute Gasteiger partial charge is 0.374 e. The summed E-state index contributed by atoms with van der Waals surface area (Å²) in [7, 11) is 2.18. The van der Waals surface area contributed by atoms with Crippen LogP contribution in [0, 0.1) is 0 Å². The van der Waals surface area contributed by atoms with Crippen LogP contribution in [0.4, 0.5) is 0 Å². The molecule has 0 bridgehead atoms. The van der Waals surface area contributed by atoms with E-state index in [4.69, 9.17) is 4.74 Å². The van der Waals surface area contributed by atoms with Gasteiger partial charge in [0.2, 0.25) is 0 Å². The second-order valence-corrected chi connectivity index (χ2v) is 5.91. The van der Waals surface area contributed by atoms with Gasteiger partial charge in [-0.15, -0.1) is 0 Å². The molecule has 1 saturated heterocycles. The van der Waals surface area contributed by atoms with Crippen molar-refractivity contribution in [3.05, 3.63) is 18.2 Å².